The van der Waals surface area contributed by atoms with Crippen molar-refractivity contribution in [3.63, 3.8) is 0 Å². The van der Waals surface area contributed by atoms with Crippen LogP contribution in [0.25, 0.3) is 0 Å². The first-order valence-corrected chi connectivity index (χ1v) is 7.02. The first-order chi connectivity index (χ1) is 11.4. The molecular formula is C17H15NO6. The SMILES string of the molecule is COc1ccc(C(=O)COC(=O)c2ccc(C)c([N+](=O)[O-])c2)cc1. The molecule has 0 unspecified atom stereocenters. The number of methoxy groups -OCH3 is 1. The van der Waals surface area contributed by atoms with Crippen LogP contribution in [0.1, 0.15) is 26.3 Å². The van der Waals surface area contributed by atoms with Crippen molar-refractivity contribution in [2.45, 2.75) is 6.92 Å². The van der Waals surface area contributed by atoms with Crippen LogP contribution in [-0.4, -0.2) is 30.4 Å². The number of esters is 1. The van der Waals surface area contributed by atoms with Crippen molar-refractivity contribution >= 4 is 17.4 Å². The molecule has 7 heteroatoms. The van der Waals surface area contributed by atoms with Gasteiger partial charge in [0.1, 0.15) is 5.75 Å². The lowest BCUT2D eigenvalue weighted by Gasteiger charge is -2.06. The molecule has 2 aromatic carbocycles. The number of benzene rings is 2. The van der Waals surface area contributed by atoms with Crippen LogP contribution < -0.4 is 4.74 Å². The van der Waals surface area contributed by atoms with Gasteiger partial charge in [-0.2, -0.15) is 0 Å². The summed E-state index contributed by atoms with van der Waals surface area (Å²) in [6.07, 6.45) is 0. The Morgan fingerprint density at radius 3 is 2.29 bits per heavy atom. The monoisotopic (exact) mass is 329 g/mol. The largest absolute Gasteiger partial charge is 0.497 e. The third kappa shape index (κ3) is 3.95. The maximum atomic E-state index is 12.0. The number of nitrogens with zero attached hydrogens (tertiary/aromatic N) is 1. The molecule has 0 saturated carbocycles. The summed E-state index contributed by atoms with van der Waals surface area (Å²) in [5, 5.41) is 10.9. The van der Waals surface area contributed by atoms with Crippen LogP contribution in [0.5, 0.6) is 5.75 Å². The standard InChI is InChI=1S/C17H15NO6/c1-11-3-4-13(9-15(11)18(21)22)17(20)24-10-16(19)12-5-7-14(23-2)8-6-12/h3-9H,10H2,1-2H3. The van der Waals surface area contributed by atoms with E-state index in [0.29, 0.717) is 16.9 Å². The number of ether oxygens (including phenoxy) is 2. The fourth-order valence-electron chi connectivity index (χ4n) is 2.01. The number of carbonyl (C=O) groups is 2. The van der Waals surface area contributed by atoms with E-state index in [0.717, 1.165) is 6.07 Å². The van der Waals surface area contributed by atoms with Crippen LogP contribution in [-0.2, 0) is 4.74 Å². The van der Waals surface area contributed by atoms with Gasteiger partial charge in [-0.3, -0.25) is 14.9 Å². The minimum atomic E-state index is -0.792. The minimum Gasteiger partial charge on any atom is -0.497 e. The molecule has 0 aliphatic carbocycles. The second-order valence-electron chi connectivity index (χ2n) is 4.99. The normalized spacial score (nSPS) is 10.1. The molecule has 2 rings (SSSR count). The van der Waals surface area contributed by atoms with Gasteiger partial charge in [-0.25, -0.2) is 4.79 Å². The molecule has 24 heavy (non-hydrogen) atoms. The second-order valence-corrected chi connectivity index (χ2v) is 4.99. The molecule has 0 radical (unpaired) electrons. The molecule has 0 spiro atoms. The Kier molecular flexibility index (Phi) is 5.26. The number of nitro groups is 1. The molecule has 124 valence electrons. The van der Waals surface area contributed by atoms with E-state index in [9.17, 15) is 19.7 Å². The van der Waals surface area contributed by atoms with Gasteiger partial charge in [-0.1, -0.05) is 6.07 Å². The molecule has 7 nitrogen and oxygen atoms in total. The van der Waals surface area contributed by atoms with Crippen molar-refractivity contribution < 1.29 is 24.0 Å². The number of nitro benzene ring substituents is 1. The van der Waals surface area contributed by atoms with Crippen molar-refractivity contribution in [3.05, 3.63) is 69.3 Å². The number of carbonyl (C=O) groups excluding carboxylic acids is 2. The van der Waals surface area contributed by atoms with Crippen LogP contribution in [0.4, 0.5) is 5.69 Å². The fourth-order valence-corrected chi connectivity index (χ4v) is 2.01. The van der Waals surface area contributed by atoms with Gasteiger partial charge >= 0.3 is 5.97 Å². The van der Waals surface area contributed by atoms with Gasteiger partial charge in [0.15, 0.2) is 12.4 Å². The van der Waals surface area contributed by atoms with Crippen LogP contribution >= 0.6 is 0 Å². The summed E-state index contributed by atoms with van der Waals surface area (Å²) in [7, 11) is 1.51. The average molecular weight is 329 g/mol. The number of Topliss-reactive ketones (excluding diaryl/α,β-unsaturated/α-hetero) is 1. The number of hydrogen-bond donors (Lipinski definition) is 0. The van der Waals surface area contributed by atoms with E-state index in [4.69, 9.17) is 9.47 Å². The van der Waals surface area contributed by atoms with Crippen LogP contribution in [0.2, 0.25) is 0 Å². The Morgan fingerprint density at radius 1 is 1.08 bits per heavy atom. The van der Waals surface area contributed by atoms with E-state index in [1.807, 2.05) is 0 Å². The van der Waals surface area contributed by atoms with Gasteiger partial charge in [0.05, 0.1) is 17.6 Å². The van der Waals surface area contributed by atoms with E-state index in [-0.39, 0.29) is 17.0 Å². The van der Waals surface area contributed by atoms with Gasteiger partial charge in [-0.15, -0.1) is 0 Å². The van der Waals surface area contributed by atoms with E-state index in [1.165, 1.54) is 19.2 Å². The Morgan fingerprint density at radius 2 is 1.71 bits per heavy atom. The number of aryl methyl sites for hydroxylation is 1. The summed E-state index contributed by atoms with van der Waals surface area (Å²) in [5.74, 6) is -0.567. The third-order valence-electron chi connectivity index (χ3n) is 3.39. The van der Waals surface area contributed by atoms with Crippen molar-refractivity contribution in [1.82, 2.24) is 0 Å². The number of ketones is 1. The van der Waals surface area contributed by atoms with Crippen molar-refractivity contribution in [2.75, 3.05) is 13.7 Å². The van der Waals surface area contributed by atoms with Gasteiger partial charge in [-0.05, 0) is 37.3 Å². The highest BCUT2D eigenvalue weighted by molar-refractivity contribution is 5.99. The molecule has 0 amide bonds. The zero-order valence-corrected chi connectivity index (χ0v) is 13.1. The molecule has 0 atom stereocenters. The zero-order chi connectivity index (χ0) is 17.7. The number of rotatable bonds is 6. The summed E-state index contributed by atoms with van der Waals surface area (Å²) in [5.41, 5.74) is 0.658. The van der Waals surface area contributed by atoms with E-state index in [2.05, 4.69) is 0 Å². The fraction of sp³-hybridized carbons (Fsp3) is 0.176. The van der Waals surface area contributed by atoms with Gasteiger partial charge in [0.2, 0.25) is 0 Å². The van der Waals surface area contributed by atoms with Crippen LogP contribution in [0.15, 0.2) is 42.5 Å². The van der Waals surface area contributed by atoms with Crippen LogP contribution in [0.3, 0.4) is 0 Å². The van der Waals surface area contributed by atoms with Crippen molar-refractivity contribution in [1.29, 1.82) is 0 Å². The topological polar surface area (TPSA) is 95.7 Å². The van der Waals surface area contributed by atoms with E-state index < -0.39 is 17.5 Å². The van der Waals surface area contributed by atoms with Crippen LogP contribution in [0, 0.1) is 17.0 Å². The zero-order valence-electron chi connectivity index (χ0n) is 13.1. The van der Waals surface area contributed by atoms with Crippen molar-refractivity contribution in [3.8, 4) is 5.75 Å². The Labute approximate surface area is 138 Å². The highest BCUT2D eigenvalue weighted by atomic mass is 16.6. The summed E-state index contributed by atoms with van der Waals surface area (Å²) in [6, 6.07) is 10.4. The molecule has 0 fully saturated rings. The highest BCUT2D eigenvalue weighted by Crippen LogP contribution is 2.20. The minimum absolute atomic E-state index is 0.0230. The third-order valence-corrected chi connectivity index (χ3v) is 3.39. The number of hydrogen-bond acceptors (Lipinski definition) is 6. The predicted molar refractivity (Wildman–Crippen MR) is 85.4 cm³/mol. The van der Waals surface area contributed by atoms with Gasteiger partial charge < -0.3 is 9.47 Å². The molecule has 0 heterocycles. The Balaban J connectivity index is 2.03. The second kappa shape index (κ2) is 7.36. The van der Waals surface area contributed by atoms with Crippen molar-refractivity contribution in [2.24, 2.45) is 0 Å². The molecular weight excluding hydrogens is 314 g/mol. The molecule has 0 saturated heterocycles. The Bertz CT molecular complexity index is 782. The van der Waals surface area contributed by atoms with Gasteiger partial charge in [0.25, 0.3) is 5.69 Å². The molecule has 0 bridgehead atoms. The first-order valence-electron chi connectivity index (χ1n) is 7.02. The molecule has 2 aromatic rings. The Hall–Kier alpha value is -3.22. The lowest BCUT2D eigenvalue weighted by atomic mass is 10.1. The van der Waals surface area contributed by atoms with Gasteiger partial charge in [0, 0.05) is 17.2 Å². The first kappa shape index (κ1) is 17.1. The maximum absolute atomic E-state index is 12.0. The average Bonchev–Trinajstić information content (AvgIpc) is 2.59. The molecule has 0 aromatic heterocycles. The summed E-state index contributed by atoms with van der Waals surface area (Å²) in [4.78, 5) is 34.2. The lowest BCUT2D eigenvalue weighted by Crippen LogP contribution is -2.14. The predicted octanol–water partition coefficient (Wildman–Crippen LogP) is 2.95. The van der Waals surface area contributed by atoms with E-state index in [1.54, 1.807) is 31.2 Å². The molecule has 0 N–H and O–H groups in total. The molecule has 0 aliphatic heterocycles. The maximum Gasteiger partial charge on any atom is 0.338 e. The van der Waals surface area contributed by atoms with E-state index >= 15 is 0 Å². The lowest BCUT2D eigenvalue weighted by molar-refractivity contribution is -0.385. The summed E-state index contributed by atoms with van der Waals surface area (Å²) in [6.45, 7) is 1.12. The summed E-state index contributed by atoms with van der Waals surface area (Å²) >= 11 is 0. The molecule has 0 aliphatic rings. The smallest absolute Gasteiger partial charge is 0.338 e. The highest BCUT2D eigenvalue weighted by Gasteiger charge is 2.17. The quantitative estimate of drug-likeness (QED) is 0.350. The summed E-state index contributed by atoms with van der Waals surface area (Å²) < 4.78 is 9.93.